The van der Waals surface area contributed by atoms with Crippen LogP contribution in [0.3, 0.4) is 0 Å². The van der Waals surface area contributed by atoms with Gasteiger partial charge in [-0.25, -0.2) is 14.8 Å². The first-order valence-electron chi connectivity index (χ1n) is 6.17. The van der Waals surface area contributed by atoms with Gasteiger partial charge in [0.1, 0.15) is 5.82 Å². The second kappa shape index (κ2) is 6.04. The van der Waals surface area contributed by atoms with Crippen molar-refractivity contribution < 1.29 is 14.6 Å². The first-order chi connectivity index (χ1) is 9.56. The minimum Gasteiger partial charge on any atom is -0.504 e. The van der Waals surface area contributed by atoms with Gasteiger partial charge in [0.25, 0.3) is 0 Å². The largest absolute Gasteiger partial charge is 0.504 e. The molecule has 2 rings (SSSR count). The number of ether oxygens (including phenoxy) is 1. The molecular weight excluding hydrogens is 326 g/mol. The summed E-state index contributed by atoms with van der Waals surface area (Å²) >= 11 is 3.23. The topological polar surface area (TPSA) is 77.2 Å². The first kappa shape index (κ1) is 14.5. The van der Waals surface area contributed by atoms with E-state index in [-0.39, 0.29) is 18.1 Å². The van der Waals surface area contributed by atoms with Crippen LogP contribution >= 0.6 is 15.9 Å². The predicted molar refractivity (Wildman–Crippen MR) is 76.1 cm³/mol. The summed E-state index contributed by atoms with van der Waals surface area (Å²) in [5, 5.41) is 9.96. The molecule has 0 aliphatic heterocycles. The molecule has 7 heteroatoms. The molecule has 0 spiro atoms. The number of rotatable bonds is 4. The third-order valence-electron chi connectivity index (χ3n) is 2.62. The maximum atomic E-state index is 11.7. The smallest absolute Gasteiger partial charge is 0.358 e. The molecule has 2 aromatic heterocycles. The van der Waals surface area contributed by atoms with Crippen molar-refractivity contribution in [1.29, 1.82) is 0 Å². The minimum atomic E-state index is -0.488. The lowest BCUT2D eigenvalue weighted by atomic mass is 10.4. The summed E-state index contributed by atoms with van der Waals surface area (Å²) in [7, 11) is 0. The number of esters is 1. The molecule has 0 saturated carbocycles. The first-order valence-corrected chi connectivity index (χ1v) is 6.96. The van der Waals surface area contributed by atoms with Crippen molar-refractivity contribution in [1.82, 2.24) is 14.5 Å². The third kappa shape index (κ3) is 2.82. The zero-order valence-corrected chi connectivity index (χ0v) is 12.7. The van der Waals surface area contributed by atoms with Crippen LogP contribution in [0.4, 0.5) is 0 Å². The molecule has 0 aromatic carbocycles. The molecule has 20 heavy (non-hydrogen) atoms. The molecule has 0 saturated heterocycles. The van der Waals surface area contributed by atoms with Crippen molar-refractivity contribution in [3.8, 4) is 11.6 Å². The molecule has 0 radical (unpaired) electrons. The summed E-state index contributed by atoms with van der Waals surface area (Å²) in [4.78, 5) is 20.1. The standard InChI is InChI=1S/C13H14BrN3O3/c1-3-11-16-9(13(19)20-4-2)7-17(11)12-10(18)5-8(14)6-15-12/h5-7,18H,3-4H2,1-2H3. The summed E-state index contributed by atoms with van der Waals surface area (Å²) in [5.41, 5.74) is 0.202. The van der Waals surface area contributed by atoms with Gasteiger partial charge in [0.05, 0.1) is 6.61 Å². The van der Waals surface area contributed by atoms with Gasteiger partial charge < -0.3 is 9.84 Å². The molecule has 0 bridgehead atoms. The Balaban J connectivity index is 2.47. The van der Waals surface area contributed by atoms with Gasteiger partial charge in [-0.15, -0.1) is 0 Å². The number of carbonyl (C=O) groups excluding carboxylic acids is 1. The van der Waals surface area contributed by atoms with E-state index in [1.165, 1.54) is 12.3 Å². The van der Waals surface area contributed by atoms with Crippen LogP contribution in [-0.2, 0) is 11.2 Å². The van der Waals surface area contributed by atoms with Gasteiger partial charge in [0.2, 0.25) is 0 Å². The van der Waals surface area contributed by atoms with E-state index in [9.17, 15) is 9.90 Å². The summed E-state index contributed by atoms with van der Waals surface area (Å²) in [6, 6.07) is 1.53. The van der Waals surface area contributed by atoms with Crippen molar-refractivity contribution in [3.05, 3.63) is 34.5 Å². The van der Waals surface area contributed by atoms with Crippen molar-refractivity contribution >= 4 is 21.9 Å². The summed E-state index contributed by atoms with van der Waals surface area (Å²) in [5.74, 6) is 0.464. The summed E-state index contributed by atoms with van der Waals surface area (Å²) in [6.45, 7) is 3.93. The van der Waals surface area contributed by atoms with Crippen LogP contribution in [0.15, 0.2) is 22.9 Å². The van der Waals surface area contributed by atoms with E-state index >= 15 is 0 Å². The molecule has 1 N–H and O–H groups in total. The number of pyridine rings is 1. The van der Waals surface area contributed by atoms with Gasteiger partial charge in [-0.05, 0) is 28.9 Å². The fraction of sp³-hybridized carbons (Fsp3) is 0.308. The van der Waals surface area contributed by atoms with E-state index in [0.717, 1.165) is 0 Å². The molecule has 6 nitrogen and oxygen atoms in total. The minimum absolute atomic E-state index is 0.00174. The zero-order valence-electron chi connectivity index (χ0n) is 11.1. The normalized spacial score (nSPS) is 10.6. The Bertz CT molecular complexity index is 640. The lowest BCUT2D eigenvalue weighted by Crippen LogP contribution is -2.04. The van der Waals surface area contributed by atoms with Crippen LogP contribution in [0.5, 0.6) is 5.75 Å². The molecule has 0 aliphatic rings. The number of hydrogen-bond donors (Lipinski definition) is 1. The Morgan fingerprint density at radius 3 is 2.85 bits per heavy atom. The van der Waals surface area contributed by atoms with Gasteiger partial charge in [0, 0.05) is 23.3 Å². The number of aromatic hydroxyl groups is 1. The number of hydrogen-bond acceptors (Lipinski definition) is 5. The van der Waals surface area contributed by atoms with Gasteiger partial charge in [0.15, 0.2) is 17.3 Å². The van der Waals surface area contributed by atoms with Crippen molar-refractivity contribution in [2.45, 2.75) is 20.3 Å². The lowest BCUT2D eigenvalue weighted by molar-refractivity contribution is 0.0520. The molecular formula is C13H14BrN3O3. The Hall–Kier alpha value is -1.89. The van der Waals surface area contributed by atoms with Gasteiger partial charge in [-0.1, -0.05) is 6.92 Å². The van der Waals surface area contributed by atoms with Crippen LogP contribution in [0, 0.1) is 0 Å². The van der Waals surface area contributed by atoms with Crippen molar-refractivity contribution in [2.24, 2.45) is 0 Å². The van der Waals surface area contributed by atoms with Crippen LogP contribution in [0.25, 0.3) is 5.82 Å². The lowest BCUT2D eigenvalue weighted by Gasteiger charge is -2.07. The van der Waals surface area contributed by atoms with Gasteiger partial charge in [-0.3, -0.25) is 4.57 Å². The van der Waals surface area contributed by atoms with Crippen molar-refractivity contribution in [2.75, 3.05) is 6.61 Å². The Morgan fingerprint density at radius 2 is 2.25 bits per heavy atom. The highest BCUT2D eigenvalue weighted by atomic mass is 79.9. The quantitative estimate of drug-likeness (QED) is 0.866. The fourth-order valence-electron chi connectivity index (χ4n) is 1.76. The molecule has 0 fully saturated rings. The van der Waals surface area contributed by atoms with E-state index in [4.69, 9.17) is 4.74 Å². The van der Waals surface area contributed by atoms with Gasteiger partial charge >= 0.3 is 5.97 Å². The Kier molecular flexibility index (Phi) is 4.39. The second-order valence-electron chi connectivity index (χ2n) is 3.98. The van der Waals surface area contributed by atoms with E-state index in [1.807, 2.05) is 6.92 Å². The van der Waals surface area contributed by atoms with E-state index in [1.54, 1.807) is 17.7 Å². The number of aryl methyl sites for hydroxylation is 1. The van der Waals surface area contributed by atoms with Crippen LogP contribution in [0.1, 0.15) is 30.2 Å². The number of imidazole rings is 1. The van der Waals surface area contributed by atoms with Gasteiger partial charge in [-0.2, -0.15) is 0 Å². The number of aromatic nitrogens is 3. The monoisotopic (exact) mass is 339 g/mol. The van der Waals surface area contributed by atoms with Crippen LogP contribution in [-0.4, -0.2) is 32.2 Å². The molecule has 0 atom stereocenters. The average Bonchev–Trinajstić information content (AvgIpc) is 2.83. The van der Waals surface area contributed by atoms with E-state index in [2.05, 4.69) is 25.9 Å². The second-order valence-corrected chi connectivity index (χ2v) is 4.90. The predicted octanol–water partition coefficient (Wildman–Crippen LogP) is 2.47. The Labute approximate surface area is 124 Å². The SMILES string of the molecule is CCOC(=O)c1cn(-c2ncc(Br)cc2O)c(CC)n1. The highest BCUT2D eigenvalue weighted by molar-refractivity contribution is 9.10. The molecule has 106 valence electrons. The summed E-state index contributed by atoms with van der Waals surface area (Å²) < 4.78 is 7.18. The highest BCUT2D eigenvalue weighted by Crippen LogP contribution is 2.24. The highest BCUT2D eigenvalue weighted by Gasteiger charge is 2.17. The van der Waals surface area contributed by atoms with E-state index < -0.39 is 5.97 Å². The molecule has 2 aromatic rings. The molecule has 0 amide bonds. The Morgan fingerprint density at radius 1 is 1.50 bits per heavy atom. The third-order valence-corrected chi connectivity index (χ3v) is 3.06. The number of carbonyl (C=O) groups is 1. The summed E-state index contributed by atoms with van der Waals surface area (Å²) in [6.07, 6.45) is 3.68. The zero-order chi connectivity index (χ0) is 14.7. The molecule has 0 aliphatic carbocycles. The maximum absolute atomic E-state index is 11.7. The van der Waals surface area contributed by atoms with Crippen molar-refractivity contribution in [3.63, 3.8) is 0 Å². The maximum Gasteiger partial charge on any atom is 0.358 e. The van der Waals surface area contributed by atoms with Crippen LogP contribution < -0.4 is 0 Å². The molecule has 0 unspecified atom stereocenters. The average molecular weight is 340 g/mol. The number of halogens is 1. The molecule has 2 heterocycles. The van der Waals surface area contributed by atoms with Crippen LogP contribution in [0.2, 0.25) is 0 Å². The number of nitrogens with zero attached hydrogens (tertiary/aromatic N) is 3. The fourth-order valence-corrected chi connectivity index (χ4v) is 2.08. The van der Waals surface area contributed by atoms with E-state index in [0.29, 0.717) is 22.5 Å².